The molecular weight excluding hydrogens is 435 g/mol. The molecule has 2 aromatic carbocycles. The van der Waals surface area contributed by atoms with Crippen molar-refractivity contribution < 1.29 is 27.1 Å². The first-order valence-electron chi connectivity index (χ1n) is 8.35. The number of carbonyl (C=O) groups excluding carboxylic acids is 1. The molecule has 0 aliphatic heterocycles. The topological polar surface area (TPSA) is 119 Å². The number of anilines is 3. The Morgan fingerprint density at radius 2 is 1.97 bits per heavy atom. The molecule has 1 heterocycles. The molecule has 0 bridgehead atoms. The average molecular weight is 452 g/mol. The Hall–Kier alpha value is -3.38. The highest BCUT2D eigenvalue weighted by atomic mass is 32.2. The number of thiazole rings is 1. The van der Waals surface area contributed by atoms with E-state index in [0.29, 0.717) is 5.13 Å². The molecule has 0 aliphatic carbocycles. The highest BCUT2D eigenvalue weighted by Crippen LogP contribution is 2.38. The van der Waals surface area contributed by atoms with Gasteiger partial charge in [0.05, 0.1) is 24.7 Å². The second-order valence-electron chi connectivity index (χ2n) is 5.87. The van der Waals surface area contributed by atoms with Crippen molar-refractivity contribution in [3.05, 3.63) is 53.8 Å². The van der Waals surface area contributed by atoms with E-state index in [9.17, 15) is 17.6 Å². The summed E-state index contributed by atoms with van der Waals surface area (Å²) in [5.41, 5.74) is 0.262. The van der Waals surface area contributed by atoms with Gasteiger partial charge in [0.2, 0.25) is 15.8 Å². The lowest BCUT2D eigenvalue weighted by molar-refractivity contribution is 0.262. The molecule has 158 valence electrons. The van der Waals surface area contributed by atoms with Crippen molar-refractivity contribution in [2.45, 2.75) is 0 Å². The van der Waals surface area contributed by atoms with Crippen LogP contribution in [0.4, 0.5) is 25.7 Å². The van der Waals surface area contributed by atoms with Crippen LogP contribution >= 0.6 is 11.3 Å². The average Bonchev–Trinajstić information content (AvgIpc) is 3.16. The lowest BCUT2D eigenvalue weighted by atomic mass is 10.2. The smallest absolute Gasteiger partial charge is 0.325 e. The van der Waals surface area contributed by atoms with Gasteiger partial charge in [-0.3, -0.25) is 10.0 Å². The molecular formula is C18H17FN4O5S2. The Kier molecular flexibility index (Phi) is 6.37. The Labute approximate surface area is 175 Å². The number of aromatic nitrogens is 1. The summed E-state index contributed by atoms with van der Waals surface area (Å²) in [7, 11) is -2.20. The molecule has 0 saturated carbocycles. The molecule has 3 aromatic rings. The van der Waals surface area contributed by atoms with Crippen molar-refractivity contribution in [2.24, 2.45) is 0 Å². The van der Waals surface area contributed by atoms with Crippen molar-refractivity contribution in [3.63, 3.8) is 0 Å². The Bertz CT molecular complexity index is 1150. The van der Waals surface area contributed by atoms with E-state index in [-0.39, 0.29) is 28.6 Å². The number of benzene rings is 2. The predicted octanol–water partition coefficient (Wildman–Crippen LogP) is 4.10. The van der Waals surface area contributed by atoms with Gasteiger partial charge in [-0.25, -0.2) is 22.6 Å². The Morgan fingerprint density at radius 1 is 1.17 bits per heavy atom. The summed E-state index contributed by atoms with van der Waals surface area (Å²) < 4.78 is 50.4. The van der Waals surface area contributed by atoms with Crippen LogP contribution in [0, 0.1) is 5.82 Å². The molecule has 1 aromatic heterocycles. The zero-order chi connectivity index (χ0) is 21.7. The van der Waals surface area contributed by atoms with Crippen LogP contribution in [0.1, 0.15) is 0 Å². The molecule has 0 radical (unpaired) electrons. The number of amides is 2. The van der Waals surface area contributed by atoms with Gasteiger partial charge in [0.15, 0.2) is 22.4 Å². The SMILES string of the molecule is COc1cccc(F)c1Oc1ccc(NS(C)(=O)=O)cc1NC(=O)Nc1nccs1. The minimum Gasteiger partial charge on any atom is -0.493 e. The van der Waals surface area contributed by atoms with Crippen molar-refractivity contribution in [1.29, 1.82) is 0 Å². The number of hydrogen-bond acceptors (Lipinski definition) is 7. The molecule has 0 aliphatic rings. The zero-order valence-electron chi connectivity index (χ0n) is 15.8. The van der Waals surface area contributed by atoms with Gasteiger partial charge in [-0.05, 0) is 30.3 Å². The molecule has 30 heavy (non-hydrogen) atoms. The predicted molar refractivity (Wildman–Crippen MR) is 113 cm³/mol. The number of rotatable bonds is 7. The van der Waals surface area contributed by atoms with Crippen molar-refractivity contribution in [1.82, 2.24) is 4.98 Å². The molecule has 9 nitrogen and oxygen atoms in total. The number of halogens is 1. The Balaban J connectivity index is 1.94. The van der Waals surface area contributed by atoms with Crippen LogP contribution in [0.3, 0.4) is 0 Å². The third-order valence-electron chi connectivity index (χ3n) is 3.55. The number of nitrogens with one attached hydrogen (secondary N) is 3. The van der Waals surface area contributed by atoms with Gasteiger partial charge < -0.3 is 14.8 Å². The van der Waals surface area contributed by atoms with E-state index in [1.807, 2.05) is 0 Å². The number of nitrogens with zero attached hydrogens (tertiary/aromatic N) is 1. The number of urea groups is 1. The second kappa shape index (κ2) is 8.97. The van der Waals surface area contributed by atoms with Crippen LogP contribution in [0.25, 0.3) is 0 Å². The van der Waals surface area contributed by atoms with Crippen molar-refractivity contribution in [3.8, 4) is 17.2 Å². The zero-order valence-corrected chi connectivity index (χ0v) is 17.4. The summed E-state index contributed by atoms with van der Waals surface area (Å²) in [5, 5.41) is 7.12. The van der Waals surface area contributed by atoms with Crippen LogP contribution in [0.2, 0.25) is 0 Å². The third kappa shape index (κ3) is 5.58. The number of ether oxygens (including phenoxy) is 2. The van der Waals surface area contributed by atoms with E-state index in [0.717, 1.165) is 6.26 Å². The van der Waals surface area contributed by atoms with Crippen LogP contribution < -0.4 is 24.8 Å². The van der Waals surface area contributed by atoms with E-state index in [4.69, 9.17) is 9.47 Å². The lowest BCUT2D eigenvalue weighted by Gasteiger charge is -2.16. The van der Waals surface area contributed by atoms with E-state index in [1.54, 1.807) is 5.38 Å². The molecule has 0 fully saturated rings. The van der Waals surface area contributed by atoms with Crippen molar-refractivity contribution in [2.75, 3.05) is 28.7 Å². The molecule has 0 saturated heterocycles. The number of para-hydroxylation sites is 1. The first-order valence-corrected chi connectivity index (χ1v) is 11.1. The standard InChI is InChI=1S/C18H17FN4O5S2/c1-27-15-5-3-4-12(19)16(15)28-14-7-6-11(23-30(2,25)26)10-13(14)21-17(24)22-18-20-8-9-29-18/h3-10,23H,1-2H3,(H2,20,21,22,24). The van der Waals surface area contributed by atoms with Crippen molar-refractivity contribution >= 4 is 43.9 Å². The van der Waals surface area contributed by atoms with Gasteiger partial charge in [-0.2, -0.15) is 0 Å². The molecule has 0 spiro atoms. The van der Waals surface area contributed by atoms with Crippen LogP contribution in [0.15, 0.2) is 48.0 Å². The summed E-state index contributed by atoms with van der Waals surface area (Å²) in [5.74, 6) is -0.656. The number of sulfonamides is 1. The molecule has 0 atom stereocenters. The van der Waals surface area contributed by atoms with Crippen LogP contribution in [0.5, 0.6) is 17.2 Å². The van der Waals surface area contributed by atoms with Gasteiger partial charge in [0, 0.05) is 11.6 Å². The highest BCUT2D eigenvalue weighted by Gasteiger charge is 2.17. The van der Waals surface area contributed by atoms with Gasteiger partial charge in [-0.15, -0.1) is 11.3 Å². The lowest BCUT2D eigenvalue weighted by Crippen LogP contribution is -2.20. The monoisotopic (exact) mass is 452 g/mol. The fourth-order valence-corrected chi connectivity index (χ4v) is 3.47. The summed E-state index contributed by atoms with van der Waals surface area (Å²) in [6, 6.07) is 7.66. The van der Waals surface area contributed by atoms with Crippen LogP contribution in [-0.4, -0.2) is 32.8 Å². The van der Waals surface area contributed by atoms with E-state index >= 15 is 0 Å². The molecule has 2 amide bonds. The summed E-state index contributed by atoms with van der Waals surface area (Å²) >= 11 is 1.21. The second-order valence-corrected chi connectivity index (χ2v) is 8.52. The quantitative estimate of drug-likeness (QED) is 0.497. The van der Waals surface area contributed by atoms with Gasteiger partial charge >= 0.3 is 6.03 Å². The Morgan fingerprint density at radius 3 is 2.63 bits per heavy atom. The number of methoxy groups -OCH3 is 1. The van der Waals surface area contributed by atoms with Gasteiger partial charge in [0.1, 0.15) is 0 Å². The minimum atomic E-state index is -3.56. The first-order chi connectivity index (χ1) is 14.2. The normalized spacial score (nSPS) is 10.9. The summed E-state index contributed by atoms with van der Waals surface area (Å²) in [6.45, 7) is 0. The molecule has 3 rings (SSSR count). The van der Waals surface area contributed by atoms with E-state index < -0.39 is 21.9 Å². The highest BCUT2D eigenvalue weighted by molar-refractivity contribution is 7.92. The largest absolute Gasteiger partial charge is 0.493 e. The minimum absolute atomic E-state index is 0.0618. The molecule has 12 heteroatoms. The van der Waals surface area contributed by atoms with Gasteiger partial charge in [0.25, 0.3) is 0 Å². The van der Waals surface area contributed by atoms with E-state index in [1.165, 1.54) is 61.0 Å². The van der Waals surface area contributed by atoms with Crippen LogP contribution in [-0.2, 0) is 10.0 Å². The van der Waals surface area contributed by atoms with E-state index in [2.05, 4.69) is 20.3 Å². The van der Waals surface area contributed by atoms with Gasteiger partial charge in [-0.1, -0.05) is 6.07 Å². The summed E-state index contributed by atoms with van der Waals surface area (Å²) in [4.78, 5) is 16.3. The molecule has 3 N–H and O–H groups in total. The maximum absolute atomic E-state index is 14.3. The maximum atomic E-state index is 14.3. The first kappa shape index (κ1) is 21.3. The maximum Gasteiger partial charge on any atom is 0.325 e. The fourth-order valence-electron chi connectivity index (χ4n) is 2.39. The third-order valence-corrected chi connectivity index (χ3v) is 4.84. The number of carbonyl (C=O) groups is 1. The summed E-state index contributed by atoms with van der Waals surface area (Å²) in [6.07, 6.45) is 2.51. The number of hydrogen-bond donors (Lipinski definition) is 3. The molecule has 0 unspecified atom stereocenters. The fraction of sp³-hybridized carbons (Fsp3) is 0.111.